The fraction of sp³-hybridized carbons (Fsp3) is 0.846. The summed E-state index contributed by atoms with van der Waals surface area (Å²) in [4.78, 5) is 0. The second-order valence-corrected chi connectivity index (χ2v) is 4.83. The minimum absolute atomic E-state index is 0.0966. The van der Waals surface area contributed by atoms with Gasteiger partial charge in [0.05, 0.1) is 18.8 Å². The number of ether oxygens (including phenoxy) is 2. The van der Waals surface area contributed by atoms with Gasteiger partial charge in [-0.1, -0.05) is 19.9 Å². The van der Waals surface area contributed by atoms with Crippen LogP contribution < -0.4 is 0 Å². The van der Waals surface area contributed by atoms with E-state index >= 15 is 0 Å². The number of aliphatic hydroxyl groups excluding tert-OH is 1. The molecule has 0 heterocycles. The molecule has 0 amide bonds. The Morgan fingerprint density at radius 1 is 1.44 bits per heavy atom. The van der Waals surface area contributed by atoms with Crippen molar-refractivity contribution in [3.8, 4) is 0 Å². The molecule has 3 heteroatoms. The normalized spacial score (nSPS) is 25.9. The molecule has 0 aliphatic heterocycles. The molecule has 0 aromatic rings. The number of hydrogen-bond donors (Lipinski definition) is 1. The SMILES string of the molecule is COC1CC(CO)=CCC1OCCC(C)C. The number of hydrogen-bond acceptors (Lipinski definition) is 3. The Morgan fingerprint density at radius 3 is 2.75 bits per heavy atom. The molecule has 0 radical (unpaired) electrons. The highest BCUT2D eigenvalue weighted by molar-refractivity contribution is 5.10. The molecule has 0 saturated heterocycles. The van der Waals surface area contributed by atoms with Gasteiger partial charge < -0.3 is 14.6 Å². The standard InChI is InChI=1S/C13H24O3/c1-10(2)6-7-16-12-5-4-11(9-14)8-13(12)15-3/h4,10,12-14H,5-9H2,1-3H3. The molecule has 0 aromatic carbocycles. The Morgan fingerprint density at radius 2 is 2.19 bits per heavy atom. The number of methoxy groups -OCH3 is 1. The van der Waals surface area contributed by atoms with Crippen LogP contribution in [0.25, 0.3) is 0 Å². The van der Waals surface area contributed by atoms with E-state index in [1.807, 2.05) is 0 Å². The van der Waals surface area contributed by atoms with Gasteiger partial charge in [-0.2, -0.15) is 0 Å². The van der Waals surface area contributed by atoms with Gasteiger partial charge in [-0.3, -0.25) is 0 Å². The minimum atomic E-state index is 0.0966. The predicted molar refractivity (Wildman–Crippen MR) is 64.4 cm³/mol. The number of rotatable bonds is 6. The first-order valence-electron chi connectivity index (χ1n) is 6.10. The Bertz CT molecular complexity index is 223. The molecule has 2 unspecified atom stereocenters. The molecule has 0 bridgehead atoms. The molecular formula is C13H24O3. The molecule has 1 rings (SSSR count). The van der Waals surface area contributed by atoms with E-state index in [4.69, 9.17) is 14.6 Å². The summed E-state index contributed by atoms with van der Waals surface area (Å²) in [6.07, 6.45) is 5.06. The molecule has 0 spiro atoms. The monoisotopic (exact) mass is 228 g/mol. The van der Waals surface area contributed by atoms with Gasteiger partial charge in [0, 0.05) is 13.7 Å². The van der Waals surface area contributed by atoms with Crippen molar-refractivity contribution in [3.63, 3.8) is 0 Å². The molecule has 1 aliphatic rings. The van der Waals surface area contributed by atoms with Crippen molar-refractivity contribution in [3.05, 3.63) is 11.6 Å². The third-order valence-corrected chi connectivity index (χ3v) is 3.05. The van der Waals surface area contributed by atoms with E-state index in [-0.39, 0.29) is 18.8 Å². The van der Waals surface area contributed by atoms with Crippen LogP contribution in [0.15, 0.2) is 11.6 Å². The van der Waals surface area contributed by atoms with Crippen molar-refractivity contribution < 1.29 is 14.6 Å². The lowest BCUT2D eigenvalue weighted by Gasteiger charge is -2.30. The van der Waals surface area contributed by atoms with Gasteiger partial charge in [0.15, 0.2) is 0 Å². The van der Waals surface area contributed by atoms with E-state index in [2.05, 4.69) is 19.9 Å². The van der Waals surface area contributed by atoms with Crippen LogP contribution in [0.5, 0.6) is 0 Å². The van der Waals surface area contributed by atoms with Gasteiger partial charge in [0.25, 0.3) is 0 Å². The van der Waals surface area contributed by atoms with E-state index in [0.717, 1.165) is 31.4 Å². The first-order valence-corrected chi connectivity index (χ1v) is 6.10. The molecule has 1 N–H and O–H groups in total. The van der Waals surface area contributed by atoms with Crippen LogP contribution in [0, 0.1) is 5.92 Å². The zero-order valence-electron chi connectivity index (χ0n) is 10.6. The van der Waals surface area contributed by atoms with Gasteiger partial charge in [0.2, 0.25) is 0 Å². The fourth-order valence-electron chi connectivity index (χ4n) is 1.90. The molecule has 1 aliphatic carbocycles. The maximum Gasteiger partial charge on any atom is 0.0874 e. The van der Waals surface area contributed by atoms with Crippen molar-refractivity contribution in [1.29, 1.82) is 0 Å². The topological polar surface area (TPSA) is 38.7 Å². The van der Waals surface area contributed by atoms with Crippen molar-refractivity contribution in [1.82, 2.24) is 0 Å². The summed E-state index contributed by atoms with van der Waals surface area (Å²) in [7, 11) is 1.71. The summed E-state index contributed by atoms with van der Waals surface area (Å²) in [5.41, 5.74) is 1.07. The van der Waals surface area contributed by atoms with Crippen LogP contribution in [-0.2, 0) is 9.47 Å². The zero-order valence-corrected chi connectivity index (χ0v) is 10.6. The van der Waals surface area contributed by atoms with Crippen LogP contribution in [-0.4, -0.2) is 37.6 Å². The van der Waals surface area contributed by atoms with Gasteiger partial charge in [-0.05, 0) is 30.8 Å². The van der Waals surface area contributed by atoms with Crippen molar-refractivity contribution >= 4 is 0 Å². The van der Waals surface area contributed by atoms with Gasteiger partial charge in [0.1, 0.15) is 0 Å². The predicted octanol–water partition coefficient (Wildman–Crippen LogP) is 2.15. The van der Waals surface area contributed by atoms with E-state index < -0.39 is 0 Å². The van der Waals surface area contributed by atoms with Gasteiger partial charge in [-0.25, -0.2) is 0 Å². The average molecular weight is 228 g/mol. The summed E-state index contributed by atoms with van der Waals surface area (Å²) in [6, 6.07) is 0. The average Bonchev–Trinajstić information content (AvgIpc) is 2.29. The molecular weight excluding hydrogens is 204 g/mol. The molecule has 94 valence electrons. The molecule has 0 aromatic heterocycles. The second-order valence-electron chi connectivity index (χ2n) is 4.83. The lowest BCUT2D eigenvalue weighted by molar-refractivity contribution is -0.0613. The molecule has 0 saturated carbocycles. The van der Waals surface area contributed by atoms with Crippen LogP contribution in [0.3, 0.4) is 0 Å². The van der Waals surface area contributed by atoms with Crippen LogP contribution >= 0.6 is 0 Å². The second kappa shape index (κ2) is 7.05. The lowest BCUT2D eigenvalue weighted by atomic mass is 9.94. The third kappa shape index (κ3) is 4.24. The Kier molecular flexibility index (Phi) is 6.03. The van der Waals surface area contributed by atoms with Gasteiger partial charge in [-0.15, -0.1) is 0 Å². The minimum Gasteiger partial charge on any atom is -0.392 e. The quantitative estimate of drug-likeness (QED) is 0.708. The lowest BCUT2D eigenvalue weighted by Crippen LogP contribution is -2.34. The van der Waals surface area contributed by atoms with Crippen LogP contribution in [0.4, 0.5) is 0 Å². The van der Waals surface area contributed by atoms with Gasteiger partial charge >= 0.3 is 0 Å². The molecule has 0 fully saturated rings. The summed E-state index contributed by atoms with van der Waals surface area (Å²) in [5, 5.41) is 9.07. The summed E-state index contributed by atoms with van der Waals surface area (Å²) < 4.78 is 11.3. The van der Waals surface area contributed by atoms with E-state index in [1.165, 1.54) is 0 Å². The molecule has 2 atom stereocenters. The van der Waals surface area contributed by atoms with E-state index in [1.54, 1.807) is 7.11 Å². The Labute approximate surface area is 98.4 Å². The van der Waals surface area contributed by atoms with E-state index in [0.29, 0.717) is 5.92 Å². The zero-order chi connectivity index (χ0) is 12.0. The molecule has 3 nitrogen and oxygen atoms in total. The fourth-order valence-corrected chi connectivity index (χ4v) is 1.90. The third-order valence-electron chi connectivity index (χ3n) is 3.05. The number of aliphatic hydroxyl groups is 1. The first kappa shape index (κ1) is 13.7. The summed E-state index contributed by atoms with van der Waals surface area (Å²) in [6.45, 7) is 5.33. The van der Waals surface area contributed by atoms with Crippen molar-refractivity contribution in [2.45, 2.75) is 45.3 Å². The Balaban J connectivity index is 2.37. The Hall–Kier alpha value is -0.380. The van der Waals surface area contributed by atoms with E-state index in [9.17, 15) is 0 Å². The smallest absolute Gasteiger partial charge is 0.0874 e. The summed E-state index contributed by atoms with van der Waals surface area (Å²) >= 11 is 0. The van der Waals surface area contributed by atoms with Crippen LogP contribution in [0.1, 0.15) is 33.1 Å². The van der Waals surface area contributed by atoms with Crippen LogP contribution in [0.2, 0.25) is 0 Å². The van der Waals surface area contributed by atoms with Crippen molar-refractivity contribution in [2.24, 2.45) is 5.92 Å². The summed E-state index contributed by atoms with van der Waals surface area (Å²) in [5.74, 6) is 0.674. The largest absolute Gasteiger partial charge is 0.392 e. The maximum atomic E-state index is 9.07. The molecule has 16 heavy (non-hydrogen) atoms. The highest BCUT2D eigenvalue weighted by Gasteiger charge is 2.26. The highest BCUT2D eigenvalue weighted by Crippen LogP contribution is 2.23. The highest BCUT2D eigenvalue weighted by atomic mass is 16.5. The maximum absolute atomic E-state index is 9.07. The first-order chi connectivity index (χ1) is 7.67. The van der Waals surface area contributed by atoms with Crippen molar-refractivity contribution in [2.75, 3.05) is 20.3 Å².